The molecule has 4 heteroatoms. The summed E-state index contributed by atoms with van der Waals surface area (Å²) in [5.74, 6) is 0.889. The van der Waals surface area contributed by atoms with E-state index in [1.807, 2.05) is 24.3 Å². The van der Waals surface area contributed by atoms with Gasteiger partial charge >= 0.3 is 0 Å². The fraction of sp³-hybridized carbons (Fsp3) is 0.364. The molecule has 0 aliphatic carbocycles. The van der Waals surface area contributed by atoms with E-state index in [9.17, 15) is 0 Å². The van der Waals surface area contributed by atoms with Gasteiger partial charge in [-0.3, -0.25) is 0 Å². The molecule has 0 atom stereocenters. The van der Waals surface area contributed by atoms with Crippen molar-refractivity contribution in [1.29, 1.82) is 0 Å². The Morgan fingerprint density at radius 1 is 1.33 bits per heavy atom. The Morgan fingerprint density at radius 2 is 2.00 bits per heavy atom. The number of likely N-dealkylation sites (tertiary alicyclic amines) is 1. The topological polar surface area (TPSA) is 24.8 Å². The highest BCUT2D eigenvalue weighted by Gasteiger charge is 2.20. The molecule has 1 aliphatic rings. The maximum atomic E-state index is 5.84. The molecule has 1 heterocycles. The fourth-order valence-corrected chi connectivity index (χ4v) is 1.63. The molecule has 0 aromatic heterocycles. The van der Waals surface area contributed by atoms with Crippen molar-refractivity contribution >= 4 is 17.4 Å². The van der Waals surface area contributed by atoms with Gasteiger partial charge in [0.1, 0.15) is 7.11 Å². The van der Waals surface area contributed by atoms with Crippen LogP contribution in [0.4, 0.5) is 0 Å². The Balaban J connectivity index is 2.24. The van der Waals surface area contributed by atoms with Gasteiger partial charge in [-0.25, -0.2) is 0 Å². The molecule has 1 aromatic carbocycles. The first-order valence-electron chi connectivity index (χ1n) is 4.93. The van der Waals surface area contributed by atoms with Crippen LogP contribution in [0.1, 0.15) is 12.0 Å². The predicted octanol–water partition coefficient (Wildman–Crippen LogP) is 2.35. The molecular weight excluding hydrogens is 212 g/mol. The minimum absolute atomic E-state index is 0.735. The zero-order valence-electron chi connectivity index (χ0n) is 8.61. The van der Waals surface area contributed by atoms with Crippen LogP contribution in [0.5, 0.6) is 0 Å². The van der Waals surface area contributed by atoms with Crippen molar-refractivity contribution in [3.63, 3.8) is 0 Å². The molecule has 0 radical (unpaired) electrons. The van der Waals surface area contributed by atoms with Gasteiger partial charge in [0.05, 0.1) is 0 Å². The highest BCUT2D eigenvalue weighted by Crippen LogP contribution is 2.16. The van der Waals surface area contributed by atoms with Crippen LogP contribution in [-0.2, 0) is 4.84 Å². The third kappa shape index (κ3) is 2.23. The average molecular weight is 225 g/mol. The van der Waals surface area contributed by atoms with Crippen LogP contribution in [0.15, 0.2) is 29.4 Å². The lowest BCUT2D eigenvalue weighted by Crippen LogP contribution is -2.42. The Morgan fingerprint density at radius 3 is 2.47 bits per heavy atom. The molecule has 3 nitrogen and oxygen atoms in total. The SMILES string of the molecule is CO/N=C(\c1ccc(Cl)cc1)N1CCC1. The molecule has 1 saturated heterocycles. The summed E-state index contributed by atoms with van der Waals surface area (Å²) in [6, 6.07) is 7.64. The zero-order valence-corrected chi connectivity index (χ0v) is 9.37. The second-order valence-electron chi connectivity index (χ2n) is 3.44. The van der Waals surface area contributed by atoms with Crippen molar-refractivity contribution in [2.75, 3.05) is 20.2 Å². The average Bonchev–Trinajstić information content (AvgIpc) is 2.16. The molecule has 1 aromatic rings. The first-order chi connectivity index (χ1) is 7.31. The first kappa shape index (κ1) is 10.3. The molecule has 2 rings (SSSR count). The van der Waals surface area contributed by atoms with Crippen LogP contribution in [-0.4, -0.2) is 30.9 Å². The molecule has 80 valence electrons. The van der Waals surface area contributed by atoms with Crippen molar-refractivity contribution < 1.29 is 4.84 Å². The Bertz CT molecular complexity index is 357. The second-order valence-corrected chi connectivity index (χ2v) is 3.88. The summed E-state index contributed by atoms with van der Waals surface area (Å²) >= 11 is 5.84. The molecule has 1 fully saturated rings. The van der Waals surface area contributed by atoms with Crippen molar-refractivity contribution in [3.8, 4) is 0 Å². The standard InChI is InChI=1S/C11H13ClN2O/c1-15-13-11(14-7-2-8-14)9-3-5-10(12)6-4-9/h3-6H,2,7-8H2,1H3/b13-11+. The molecule has 0 unspecified atom stereocenters. The summed E-state index contributed by atoms with van der Waals surface area (Å²) in [4.78, 5) is 7.05. The number of hydrogen-bond acceptors (Lipinski definition) is 2. The number of nitrogens with zero attached hydrogens (tertiary/aromatic N) is 2. The van der Waals surface area contributed by atoms with Crippen LogP contribution < -0.4 is 0 Å². The monoisotopic (exact) mass is 224 g/mol. The Labute approximate surface area is 94.3 Å². The second kappa shape index (κ2) is 4.53. The van der Waals surface area contributed by atoms with Gasteiger partial charge in [0, 0.05) is 23.7 Å². The van der Waals surface area contributed by atoms with E-state index >= 15 is 0 Å². The van der Waals surface area contributed by atoms with Crippen molar-refractivity contribution in [2.45, 2.75) is 6.42 Å². The van der Waals surface area contributed by atoms with Gasteiger partial charge < -0.3 is 9.74 Å². The smallest absolute Gasteiger partial charge is 0.175 e. The maximum absolute atomic E-state index is 5.84. The molecule has 0 bridgehead atoms. The van der Waals surface area contributed by atoms with Gasteiger partial charge in [-0.15, -0.1) is 0 Å². The minimum Gasteiger partial charge on any atom is -0.397 e. The Hall–Kier alpha value is -1.22. The number of halogens is 1. The summed E-state index contributed by atoms with van der Waals surface area (Å²) in [5.41, 5.74) is 1.04. The van der Waals surface area contributed by atoms with Crippen LogP contribution in [0.25, 0.3) is 0 Å². The quantitative estimate of drug-likeness (QED) is 0.438. The predicted molar refractivity (Wildman–Crippen MR) is 61.2 cm³/mol. The van der Waals surface area contributed by atoms with E-state index in [2.05, 4.69) is 10.1 Å². The highest BCUT2D eigenvalue weighted by molar-refractivity contribution is 6.30. The fourth-order valence-electron chi connectivity index (χ4n) is 1.51. The maximum Gasteiger partial charge on any atom is 0.175 e. The molecule has 0 saturated carbocycles. The molecule has 0 spiro atoms. The number of amidine groups is 1. The van der Waals surface area contributed by atoms with E-state index in [0.717, 1.165) is 29.5 Å². The van der Waals surface area contributed by atoms with Gasteiger partial charge in [0.2, 0.25) is 0 Å². The van der Waals surface area contributed by atoms with Crippen LogP contribution in [0, 0.1) is 0 Å². The van der Waals surface area contributed by atoms with E-state index < -0.39 is 0 Å². The van der Waals surface area contributed by atoms with E-state index in [0.29, 0.717) is 0 Å². The van der Waals surface area contributed by atoms with Gasteiger partial charge in [-0.1, -0.05) is 16.8 Å². The molecule has 0 N–H and O–H groups in total. The summed E-state index contributed by atoms with van der Waals surface area (Å²) < 4.78 is 0. The van der Waals surface area contributed by atoms with E-state index in [-0.39, 0.29) is 0 Å². The van der Waals surface area contributed by atoms with E-state index in [4.69, 9.17) is 16.4 Å². The summed E-state index contributed by atoms with van der Waals surface area (Å²) in [6.45, 7) is 2.09. The number of oxime groups is 1. The summed E-state index contributed by atoms with van der Waals surface area (Å²) in [5, 5.41) is 4.78. The van der Waals surface area contributed by atoms with Gasteiger partial charge in [0.25, 0.3) is 0 Å². The lowest BCUT2D eigenvalue weighted by atomic mass is 10.1. The molecule has 15 heavy (non-hydrogen) atoms. The number of hydrogen-bond donors (Lipinski definition) is 0. The highest BCUT2D eigenvalue weighted by atomic mass is 35.5. The van der Waals surface area contributed by atoms with Crippen LogP contribution >= 0.6 is 11.6 Å². The van der Waals surface area contributed by atoms with Crippen LogP contribution in [0.2, 0.25) is 5.02 Å². The summed E-state index contributed by atoms with van der Waals surface area (Å²) in [7, 11) is 1.57. The lowest BCUT2D eigenvalue weighted by molar-refractivity contribution is 0.197. The summed E-state index contributed by atoms with van der Waals surface area (Å²) in [6.07, 6.45) is 1.22. The number of rotatable bonds is 2. The largest absolute Gasteiger partial charge is 0.397 e. The zero-order chi connectivity index (χ0) is 10.7. The third-order valence-electron chi connectivity index (χ3n) is 2.44. The minimum atomic E-state index is 0.735. The van der Waals surface area contributed by atoms with E-state index in [1.165, 1.54) is 6.42 Å². The first-order valence-corrected chi connectivity index (χ1v) is 5.31. The number of benzene rings is 1. The van der Waals surface area contributed by atoms with Gasteiger partial charge in [0.15, 0.2) is 5.84 Å². The van der Waals surface area contributed by atoms with Crippen molar-refractivity contribution in [1.82, 2.24) is 4.90 Å². The lowest BCUT2D eigenvalue weighted by Gasteiger charge is -2.33. The third-order valence-corrected chi connectivity index (χ3v) is 2.69. The van der Waals surface area contributed by atoms with E-state index in [1.54, 1.807) is 7.11 Å². The van der Waals surface area contributed by atoms with Crippen molar-refractivity contribution in [3.05, 3.63) is 34.9 Å². The van der Waals surface area contributed by atoms with Gasteiger partial charge in [-0.05, 0) is 30.7 Å². The molecular formula is C11H13ClN2O. The molecule has 1 aliphatic heterocycles. The Kier molecular flexibility index (Phi) is 3.11. The molecule has 0 amide bonds. The van der Waals surface area contributed by atoms with Gasteiger partial charge in [-0.2, -0.15) is 0 Å². The van der Waals surface area contributed by atoms with Crippen LogP contribution in [0.3, 0.4) is 0 Å². The normalized spacial score (nSPS) is 16.1. The van der Waals surface area contributed by atoms with Crippen molar-refractivity contribution in [2.24, 2.45) is 5.16 Å².